The fraction of sp³-hybridized carbons (Fsp3) is 0.200. The van der Waals surface area contributed by atoms with Gasteiger partial charge in [0.2, 0.25) is 34.8 Å². The highest BCUT2D eigenvalue weighted by atomic mass is 19.2. The van der Waals surface area contributed by atoms with Gasteiger partial charge >= 0.3 is 12.1 Å². The molecule has 1 aliphatic carbocycles. The Morgan fingerprint density at radius 3 is 1.77 bits per heavy atom. The summed E-state index contributed by atoms with van der Waals surface area (Å²) in [6, 6.07) is 15.2. The maximum Gasteiger partial charge on any atom is 0.408 e. The lowest BCUT2D eigenvalue weighted by molar-refractivity contribution is -0.140. The molecule has 0 spiro atoms. The van der Waals surface area contributed by atoms with Crippen LogP contribution in [0.2, 0.25) is 0 Å². The number of ether oxygens (including phenoxy) is 2. The Morgan fingerprint density at radius 1 is 0.800 bits per heavy atom. The number of nitrogens with one attached hydrogen (secondary N) is 1. The first-order valence-corrected chi connectivity index (χ1v) is 10.4. The average Bonchev–Trinajstić information content (AvgIpc) is 3.16. The second-order valence-electron chi connectivity index (χ2n) is 8.36. The molecule has 35 heavy (non-hydrogen) atoms. The van der Waals surface area contributed by atoms with E-state index >= 15 is 0 Å². The van der Waals surface area contributed by atoms with Crippen LogP contribution >= 0.6 is 0 Å². The molecule has 0 bridgehead atoms. The molecule has 182 valence electrons. The summed E-state index contributed by atoms with van der Waals surface area (Å²) in [5, 5.41) is 2.19. The Morgan fingerprint density at radius 2 is 1.26 bits per heavy atom. The maximum absolute atomic E-state index is 13.8. The van der Waals surface area contributed by atoms with Crippen LogP contribution in [0.1, 0.15) is 30.9 Å². The van der Waals surface area contributed by atoms with Crippen LogP contribution in [0.3, 0.4) is 0 Å². The van der Waals surface area contributed by atoms with Crippen LogP contribution in [-0.4, -0.2) is 24.2 Å². The number of carbonyl (C=O) groups is 2. The van der Waals surface area contributed by atoms with E-state index in [0.717, 1.165) is 36.1 Å². The van der Waals surface area contributed by atoms with Gasteiger partial charge in [-0.25, -0.2) is 22.8 Å². The standard InChI is InChI=1S/C25H18F5NO4/c1-25(2,23(32)35-22-20(29)18(27)17(26)19(28)21(22)30)31-24(33)34-11-16-14-9-5-3-7-12(14)13-8-4-6-10-15(13)16/h3-10,16H,11H2,1-2H3,(H,31,33). The Kier molecular flexibility index (Phi) is 6.23. The molecule has 0 aromatic heterocycles. The Bertz CT molecular complexity index is 1270. The first kappa shape index (κ1) is 24.2. The van der Waals surface area contributed by atoms with Crippen molar-refractivity contribution in [3.63, 3.8) is 0 Å². The maximum atomic E-state index is 13.8. The van der Waals surface area contributed by atoms with E-state index < -0.39 is 52.4 Å². The van der Waals surface area contributed by atoms with E-state index in [0.29, 0.717) is 0 Å². The normalized spacial score (nSPS) is 12.7. The number of hydrogen-bond donors (Lipinski definition) is 1. The van der Waals surface area contributed by atoms with Gasteiger partial charge in [-0.05, 0) is 36.1 Å². The van der Waals surface area contributed by atoms with Gasteiger partial charge in [0.05, 0.1) is 0 Å². The molecule has 0 saturated carbocycles. The van der Waals surface area contributed by atoms with Crippen molar-refractivity contribution in [3.8, 4) is 16.9 Å². The SMILES string of the molecule is CC(C)(NC(=O)OCC1c2ccccc2-c2ccccc21)C(=O)Oc1c(F)c(F)c(F)c(F)c1F. The van der Waals surface area contributed by atoms with E-state index in [-0.39, 0.29) is 12.5 Å². The zero-order valence-corrected chi connectivity index (χ0v) is 18.4. The molecule has 3 aromatic carbocycles. The van der Waals surface area contributed by atoms with E-state index in [4.69, 9.17) is 4.74 Å². The molecule has 1 amide bonds. The summed E-state index contributed by atoms with van der Waals surface area (Å²) in [5.74, 6) is -15.1. The smallest absolute Gasteiger partial charge is 0.408 e. The summed E-state index contributed by atoms with van der Waals surface area (Å²) in [6.45, 7) is 2.15. The van der Waals surface area contributed by atoms with Gasteiger partial charge in [0.25, 0.3) is 0 Å². The number of esters is 1. The number of fused-ring (bicyclic) bond motifs is 3. The largest absolute Gasteiger partial charge is 0.449 e. The molecule has 0 radical (unpaired) electrons. The van der Waals surface area contributed by atoms with Crippen molar-refractivity contribution >= 4 is 12.1 Å². The van der Waals surface area contributed by atoms with Crippen LogP contribution in [0.25, 0.3) is 11.1 Å². The van der Waals surface area contributed by atoms with Crippen LogP contribution in [0.15, 0.2) is 48.5 Å². The first-order valence-electron chi connectivity index (χ1n) is 10.4. The van der Waals surface area contributed by atoms with Crippen LogP contribution in [0.4, 0.5) is 26.7 Å². The summed E-state index contributed by atoms with van der Waals surface area (Å²) >= 11 is 0. The van der Waals surface area contributed by atoms with E-state index in [9.17, 15) is 31.5 Å². The van der Waals surface area contributed by atoms with Crippen LogP contribution in [0, 0.1) is 29.1 Å². The lowest BCUT2D eigenvalue weighted by atomic mass is 9.98. The topological polar surface area (TPSA) is 64.6 Å². The Labute approximate surface area is 196 Å². The van der Waals surface area contributed by atoms with Crippen LogP contribution < -0.4 is 10.1 Å². The summed E-state index contributed by atoms with van der Waals surface area (Å²) < 4.78 is 77.4. The molecule has 0 heterocycles. The molecule has 3 aromatic rings. The van der Waals surface area contributed by atoms with E-state index in [2.05, 4.69) is 10.1 Å². The quantitative estimate of drug-likeness (QED) is 0.166. The molecule has 0 aliphatic heterocycles. The minimum Gasteiger partial charge on any atom is -0.449 e. The van der Waals surface area contributed by atoms with Gasteiger partial charge in [-0.3, -0.25) is 0 Å². The summed E-state index contributed by atoms with van der Waals surface area (Å²) in [6.07, 6.45) is -1.05. The fourth-order valence-electron chi connectivity index (χ4n) is 3.84. The minimum atomic E-state index is -2.39. The third-order valence-corrected chi connectivity index (χ3v) is 5.63. The molecule has 0 atom stereocenters. The molecule has 0 saturated heterocycles. The van der Waals surface area contributed by atoms with Crippen molar-refractivity contribution in [3.05, 3.63) is 88.7 Å². The molecule has 10 heteroatoms. The van der Waals surface area contributed by atoms with Crippen molar-refractivity contribution in [2.75, 3.05) is 6.61 Å². The van der Waals surface area contributed by atoms with Gasteiger partial charge in [-0.15, -0.1) is 0 Å². The van der Waals surface area contributed by atoms with Crippen molar-refractivity contribution in [1.82, 2.24) is 5.32 Å². The summed E-state index contributed by atoms with van der Waals surface area (Å²) in [5.41, 5.74) is 1.97. The van der Waals surface area contributed by atoms with Crippen molar-refractivity contribution in [1.29, 1.82) is 0 Å². The van der Waals surface area contributed by atoms with Gasteiger partial charge < -0.3 is 14.8 Å². The second kappa shape index (κ2) is 9.01. The highest BCUT2D eigenvalue weighted by Crippen LogP contribution is 2.44. The van der Waals surface area contributed by atoms with Gasteiger partial charge in [0.15, 0.2) is 0 Å². The number of rotatable bonds is 5. The zero-order valence-electron chi connectivity index (χ0n) is 18.4. The van der Waals surface area contributed by atoms with Gasteiger partial charge in [0, 0.05) is 5.92 Å². The van der Waals surface area contributed by atoms with Crippen LogP contribution in [0.5, 0.6) is 5.75 Å². The molecule has 0 unspecified atom stereocenters. The average molecular weight is 491 g/mol. The Hall–Kier alpha value is -3.95. The second-order valence-corrected chi connectivity index (χ2v) is 8.36. The van der Waals surface area contributed by atoms with E-state index in [1.54, 1.807) is 0 Å². The van der Waals surface area contributed by atoms with E-state index in [1.807, 2.05) is 48.5 Å². The third-order valence-electron chi connectivity index (χ3n) is 5.63. The van der Waals surface area contributed by atoms with Crippen molar-refractivity contribution < 1.29 is 41.0 Å². The molecule has 4 rings (SSSR count). The number of amides is 1. The fourth-order valence-corrected chi connectivity index (χ4v) is 3.84. The Balaban J connectivity index is 1.45. The molecular weight excluding hydrogens is 473 g/mol. The van der Waals surface area contributed by atoms with Gasteiger partial charge in [-0.1, -0.05) is 48.5 Å². The molecule has 1 N–H and O–H groups in total. The van der Waals surface area contributed by atoms with Gasteiger partial charge in [-0.2, -0.15) is 8.78 Å². The summed E-state index contributed by atoms with van der Waals surface area (Å²) in [7, 11) is 0. The lowest BCUT2D eigenvalue weighted by Crippen LogP contribution is -2.52. The predicted octanol–water partition coefficient (Wildman–Crippen LogP) is 5.60. The summed E-state index contributed by atoms with van der Waals surface area (Å²) in [4.78, 5) is 24.8. The van der Waals surface area contributed by atoms with Crippen LogP contribution in [-0.2, 0) is 9.53 Å². The van der Waals surface area contributed by atoms with Crippen molar-refractivity contribution in [2.24, 2.45) is 0 Å². The van der Waals surface area contributed by atoms with E-state index in [1.165, 1.54) is 0 Å². The van der Waals surface area contributed by atoms with Gasteiger partial charge in [0.1, 0.15) is 12.1 Å². The zero-order chi connectivity index (χ0) is 25.5. The number of carbonyl (C=O) groups excluding carboxylic acids is 2. The molecule has 5 nitrogen and oxygen atoms in total. The molecular formula is C25H18F5NO4. The minimum absolute atomic E-state index is 0.0807. The molecule has 0 fully saturated rings. The number of alkyl carbamates (subject to hydrolysis) is 1. The monoisotopic (exact) mass is 491 g/mol. The third kappa shape index (κ3) is 4.31. The predicted molar refractivity (Wildman–Crippen MR) is 114 cm³/mol. The highest BCUT2D eigenvalue weighted by molar-refractivity contribution is 5.86. The lowest BCUT2D eigenvalue weighted by Gasteiger charge is -2.24. The number of benzene rings is 3. The first-order chi connectivity index (χ1) is 16.5. The number of halogens is 5. The number of hydrogen-bond acceptors (Lipinski definition) is 4. The molecule has 1 aliphatic rings. The van der Waals surface area contributed by atoms with Crippen molar-refractivity contribution in [2.45, 2.75) is 25.3 Å². The highest BCUT2D eigenvalue weighted by Gasteiger charge is 2.37.